The fourth-order valence-electron chi connectivity index (χ4n) is 4.61. The Hall–Kier alpha value is -3.72. The predicted octanol–water partition coefficient (Wildman–Crippen LogP) is 4.50. The van der Waals surface area contributed by atoms with Crippen molar-refractivity contribution in [3.63, 3.8) is 0 Å². The Bertz CT molecular complexity index is 1330. The Morgan fingerprint density at radius 2 is 1.50 bits per heavy atom. The van der Waals surface area contributed by atoms with Crippen molar-refractivity contribution in [3.05, 3.63) is 96.3 Å². The molecule has 0 aromatic heterocycles. The molecule has 0 spiro atoms. The van der Waals surface area contributed by atoms with Gasteiger partial charge in [-0.3, -0.25) is 13.9 Å². The highest BCUT2D eigenvalue weighted by atomic mass is 32.2. The number of hydrogen-bond acceptors (Lipinski definition) is 4. The summed E-state index contributed by atoms with van der Waals surface area (Å²) in [7, 11) is -4.22. The van der Waals surface area contributed by atoms with Gasteiger partial charge in [-0.25, -0.2) is 12.8 Å². The van der Waals surface area contributed by atoms with E-state index in [1.165, 1.54) is 17.0 Å². The highest BCUT2D eigenvalue weighted by Crippen LogP contribution is 2.25. The van der Waals surface area contributed by atoms with Crippen LogP contribution in [0.15, 0.2) is 89.8 Å². The zero-order chi connectivity index (χ0) is 27.1. The standard InChI is InChI=1S/C29H32FN3O4S/c1-22(29(35)31-25-12-8-9-13-25)32(20-23-10-4-2-5-11-23)28(34)21-33(26-14-6-3-7-15-26)38(36,37)27-18-16-24(30)17-19-27/h2-7,10-11,14-19,22,25H,8-9,12-13,20-21H2,1H3,(H,31,35)/t22-/m1/s1. The number of anilines is 1. The molecule has 0 heterocycles. The van der Waals surface area contributed by atoms with E-state index in [-0.39, 0.29) is 29.1 Å². The van der Waals surface area contributed by atoms with Crippen molar-refractivity contribution < 1.29 is 22.4 Å². The number of amides is 2. The van der Waals surface area contributed by atoms with Gasteiger partial charge in [0.25, 0.3) is 10.0 Å². The number of halogens is 1. The van der Waals surface area contributed by atoms with Gasteiger partial charge in [-0.1, -0.05) is 61.4 Å². The minimum absolute atomic E-state index is 0.0818. The SMILES string of the molecule is C[C@H](C(=O)NC1CCCC1)N(Cc1ccccc1)C(=O)CN(c1ccccc1)S(=O)(=O)c1ccc(F)cc1. The molecule has 2 amide bonds. The second-order valence-corrected chi connectivity index (χ2v) is 11.3. The van der Waals surface area contributed by atoms with E-state index in [1.807, 2.05) is 30.3 Å². The van der Waals surface area contributed by atoms with Crippen molar-refractivity contribution in [1.29, 1.82) is 0 Å². The maximum atomic E-state index is 13.8. The van der Waals surface area contributed by atoms with Gasteiger partial charge in [0, 0.05) is 12.6 Å². The molecule has 200 valence electrons. The average molecular weight is 538 g/mol. The van der Waals surface area contributed by atoms with Crippen LogP contribution in [0.25, 0.3) is 0 Å². The molecular weight excluding hydrogens is 505 g/mol. The van der Waals surface area contributed by atoms with Crippen LogP contribution in [0.1, 0.15) is 38.2 Å². The Morgan fingerprint density at radius 1 is 0.921 bits per heavy atom. The fraction of sp³-hybridized carbons (Fsp3) is 0.310. The quantitative estimate of drug-likeness (QED) is 0.413. The Morgan fingerprint density at radius 3 is 2.11 bits per heavy atom. The highest BCUT2D eigenvalue weighted by Gasteiger charge is 2.33. The van der Waals surface area contributed by atoms with E-state index in [4.69, 9.17) is 0 Å². The fourth-order valence-corrected chi connectivity index (χ4v) is 6.03. The van der Waals surface area contributed by atoms with Crippen molar-refractivity contribution in [3.8, 4) is 0 Å². The first kappa shape index (κ1) is 27.3. The van der Waals surface area contributed by atoms with E-state index >= 15 is 0 Å². The van der Waals surface area contributed by atoms with Crippen molar-refractivity contribution in [1.82, 2.24) is 10.2 Å². The van der Waals surface area contributed by atoms with Crippen LogP contribution in [0, 0.1) is 5.82 Å². The van der Waals surface area contributed by atoms with Gasteiger partial charge in [0.05, 0.1) is 10.6 Å². The van der Waals surface area contributed by atoms with Gasteiger partial charge >= 0.3 is 0 Å². The first-order chi connectivity index (χ1) is 18.3. The van der Waals surface area contributed by atoms with E-state index < -0.39 is 34.3 Å². The molecule has 1 fully saturated rings. The number of carbonyl (C=O) groups excluding carboxylic acids is 2. The van der Waals surface area contributed by atoms with Crippen LogP contribution in [0.3, 0.4) is 0 Å². The molecule has 4 rings (SSSR count). The summed E-state index contributed by atoms with van der Waals surface area (Å²) in [5, 5.41) is 3.05. The summed E-state index contributed by atoms with van der Waals surface area (Å²) in [5.74, 6) is -1.37. The topological polar surface area (TPSA) is 86.8 Å². The van der Waals surface area contributed by atoms with E-state index in [2.05, 4.69) is 5.32 Å². The highest BCUT2D eigenvalue weighted by molar-refractivity contribution is 7.92. The third-order valence-electron chi connectivity index (χ3n) is 6.79. The Labute approximate surface area is 223 Å². The van der Waals surface area contributed by atoms with Crippen LogP contribution in [-0.4, -0.2) is 43.8 Å². The van der Waals surface area contributed by atoms with Gasteiger partial charge < -0.3 is 10.2 Å². The normalized spacial score (nSPS) is 14.6. The third-order valence-corrected chi connectivity index (χ3v) is 8.58. The molecule has 9 heteroatoms. The van der Waals surface area contributed by atoms with Crippen LogP contribution in [-0.2, 0) is 26.2 Å². The predicted molar refractivity (Wildman–Crippen MR) is 144 cm³/mol. The lowest BCUT2D eigenvalue weighted by Gasteiger charge is -2.32. The molecule has 0 bridgehead atoms. The molecule has 3 aromatic carbocycles. The molecule has 1 saturated carbocycles. The monoisotopic (exact) mass is 537 g/mol. The number of sulfonamides is 1. The number of benzene rings is 3. The molecule has 38 heavy (non-hydrogen) atoms. The van der Waals surface area contributed by atoms with Crippen LogP contribution >= 0.6 is 0 Å². The first-order valence-electron chi connectivity index (χ1n) is 12.7. The second kappa shape index (κ2) is 12.2. The Balaban J connectivity index is 1.65. The lowest BCUT2D eigenvalue weighted by atomic mass is 10.1. The van der Waals surface area contributed by atoms with Gasteiger partial charge in [-0.2, -0.15) is 0 Å². The van der Waals surface area contributed by atoms with E-state index in [0.717, 1.165) is 47.7 Å². The first-order valence-corrected chi connectivity index (χ1v) is 14.2. The van der Waals surface area contributed by atoms with Gasteiger partial charge in [0.1, 0.15) is 18.4 Å². The van der Waals surface area contributed by atoms with E-state index in [1.54, 1.807) is 37.3 Å². The van der Waals surface area contributed by atoms with Crippen molar-refractivity contribution in [2.75, 3.05) is 10.8 Å². The summed E-state index contributed by atoms with van der Waals surface area (Å²) in [6.45, 7) is 1.27. The smallest absolute Gasteiger partial charge is 0.264 e. The van der Waals surface area contributed by atoms with Gasteiger partial charge in [-0.05, 0) is 61.7 Å². The maximum absolute atomic E-state index is 13.8. The summed E-state index contributed by atoms with van der Waals surface area (Å²) in [4.78, 5) is 28.3. The van der Waals surface area contributed by atoms with Crippen molar-refractivity contribution in [2.45, 2.75) is 56.1 Å². The zero-order valence-electron chi connectivity index (χ0n) is 21.3. The van der Waals surface area contributed by atoms with Crippen molar-refractivity contribution in [2.24, 2.45) is 0 Å². The third kappa shape index (κ3) is 6.58. The van der Waals surface area contributed by atoms with Gasteiger partial charge in [0.2, 0.25) is 11.8 Å². The van der Waals surface area contributed by atoms with Crippen LogP contribution < -0.4 is 9.62 Å². The van der Waals surface area contributed by atoms with Crippen molar-refractivity contribution >= 4 is 27.5 Å². The number of nitrogens with one attached hydrogen (secondary N) is 1. The average Bonchev–Trinajstić information content (AvgIpc) is 3.44. The number of para-hydroxylation sites is 1. The largest absolute Gasteiger partial charge is 0.352 e. The summed E-state index contributed by atoms with van der Waals surface area (Å²) >= 11 is 0. The van der Waals surface area contributed by atoms with Gasteiger partial charge in [0.15, 0.2) is 0 Å². The molecule has 0 radical (unpaired) electrons. The summed E-state index contributed by atoms with van der Waals surface area (Å²) in [6, 6.07) is 21.2. The summed E-state index contributed by atoms with van der Waals surface area (Å²) < 4.78 is 41.8. The molecule has 0 aliphatic heterocycles. The molecule has 1 atom stereocenters. The maximum Gasteiger partial charge on any atom is 0.264 e. The van der Waals surface area contributed by atoms with E-state index in [9.17, 15) is 22.4 Å². The van der Waals surface area contributed by atoms with Crippen LogP contribution in [0.4, 0.5) is 10.1 Å². The molecule has 0 saturated heterocycles. The lowest BCUT2D eigenvalue weighted by Crippen LogP contribution is -2.52. The molecule has 1 aliphatic carbocycles. The summed E-state index contributed by atoms with van der Waals surface area (Å²) in [6.07, 6.45) is 3.92. The lowest BCUT2D eigenvalue weighted by molar-refractivity contribution is -0.139. The van der Waals surface area contributed by atoms with Crippen LogP contribution in [0.5, 0.6) is 0 Å². The molecule has 7 nitrogen and oxygen atoms in total. The number of hydrogen-bond donors (Lipinski definition) is 1. The molecule has 3 aromatic rings. The number of carbonyl (C=O) groups is 2. The Kier molecular flexibility index (Phi) is 8.78. The summed E-state index contributed by atoms with van der Waals surface area (Å²) in [5.41, 5.74) is 1.10. The second-order valence-electron chi connectivity index (χ2n) is 9.47. The molecule has 0 unspecified atom stereocenters. The van der Waals surface area contributed by atoms with Crippen LogP contribution in [0.2, 0.25) is 0 Å². The van der Waals surface area contributed by atoms with Gasteiger partial charge in [-0.15, -0.1) is 0 Å². The molecule has 1 aliphatic rings. The minimum atomic E-state index is -4.22. The number of rotatable bonds is 10. The molecule has 1 N–H and O–H groups in total. The molecular formula is C29H32FN3O4S. The number of nitrogens with zero attached hydrogens (tertiary/aromatic N) is 2. The minimum Gasteiger partial charge on any atom is -0.352 e. The van der Waals surface area contributed by atoms with E-state index in [0.29, 0.717) is 0 Å². The zero-order valence-corrected chi connectivity index (χ0v) is 22.1.